The van der Waals surface area contributed by atoms with Crippen molar-refractivity contribution < 1.29 is 18.0 Å². The molecule has 0 saturated heterocycles. The van der Waals surface area contributed by atoms with Crippen LogP contribution in [0, 0.1) is 11.3 Å². The lowest BCUT2D eigenvalue weighted by atomic mass is 9.89. The lowest BCUT2D eigenvalue weighted by Crippen LogP contribution is -2.43. The Morgan fingerprint density at radius 3 is 2.56 bits per heavy atom. The second kappa shape index (κ2) is 8.58. The molecular weight excluding hydrogens is 417 g/mol. The molecule has 1 amide bonds. The molecule has 1 aliphatic carbocycles. The van der Waals surface area contributed by atoms with Crippen LogP contribution >= 0.6 is 0 Å². The molecule has 2 N–H and O–H groups in total. The van der Waals surface area contributed by atoms with Crippen LogP contribution in [0.1, 0.15) is 47.2 Å². The molecule has 8 heteroatoms. The van der Waals surface area contributed by atoms with Crippen molar-refractivity contribution >= 4 is 22.5 Å². The summed E-state index contributed by atoms with van der Waals surface area (Å²) in [5, 5.41) is 13.0. The second-order valence-electron chi connectivity index (χ2n) is 8.18. The van der Waals surface area contributed by atoms with E-state index in [1.54, 1.807) is 25.4 Å². The molecule has 1 aromatic heterocycles. The number of para-hydroxylation sites is 1. The molecule has 1 saturated carbocycles. The topological polar surface area (TPSA) is 71.9 Å². The first-order chi connectivity index (χ1) is 15.3. The lowest BCUT2D eigenvalue weighted by molar-refractivity contribution is -0.137. The second-order valence-corrected chi connectivity index (χ2v) is 8.18. The maximum absolute atomic E-state index is 13.3. The average molecular weight is 440 g/mol. The van der Waals surface area contributed by atoms with Crippen molar-refractivity contribution in [3.63, 3.8) is 0 Å². The van der Waals surface area contributed by atoms with Crippen molar-refractivity contribution in [3.8, 4) is 6.07 Å². The van der Waals surface area contributed by atoms with E-state index >= 15 is 0 Å². The van der Waals surface area contributed by atoms with Gasteiger partial charge in [-0.2, -0.15) is 18.4 Å². The summed E-state index contributed by atoms with van der Waals surface area (Å²) in [6.07, 6.45) is 0.110. The summed E-state index contributed by atoms with van der Waals surface area (Å²) in [5.74, 6) is -0.124. The number of anilines is 1. The van der Waals surface area contributed by atoms with E-state index in [9.17, 15) is 18.0 Å². The fourth-order valence-corrected chi connectivity index (χ4v) is 4.42. The Hall–Kier alpha value is -3.47. The number of nitrogens with one attached hydrogen (secondary N) is 2. The Bertz CT molecular complexity index is 1170. The number of hydrogen-bond acceptors (Lipinski definition) is 3. The molecule has 2 aromatic carbocycles. The Labute approximate surface area is 183 Å². The Morgan fingerprint density at radius 1 is 1.16 bits per heavy atom. The zero-order valence-corrected chi connectivity index (χ0v) is 17.5. The van der Waals surface area contributed by atoms with Gasteiger partial charge in [0.25, 0.3) is 5.91 Å². The Balaban J connectivity index is 1.39. The predicted molar refractivity (Wildman–Crippen MR) is 116 cm³/mol. The van der Waals surface area contributed by atoms with Gasteiger partial charge in [0.15, 0.2) is 0 Å². The standard InChI is InChI=1S/C24H23F3N4O/c1-31(18-9-6-15(13-28)21(12-18)24(25,26)27)17-10-7-16(8-11-17)30-23(32)20-14-29-22-5-3-2-4-19(20)22/h2-6,9,12,14,16-17,29H,7-8,10-11H2,1H3,(H,30,32). The fourth-order valence-electron chi connectivity index (χ4n) is 4.42. The van der Waals surface area contributed by atoms with Crippen LogP contribution < -0.4 is 10.2 Å². The number of carbonyl (C=O) groups excluding carboxylic acids is 1. The normalized spacial score (nSPS) is 18.8. The maximum atomic E-state index is 13.3. The Morgan fingerprint density at radius 2 is 1.88 bits per heavy atom. The summed E-state index contributed by atoms with van der Waals surface area (Å²) in [7, 11) is 1.77. The highest BCUT2D eigenvalue weighted by molar-refractivity contribution is 6.06. The van der Waals surface area contributed by atoms with Crippen LogP contribution in [-0.2, 0) is 6.18 Å². The molecule has 0 spiro atoms. The van der Waals surface area contributed by atoms with E-state index in [4.69, 9.17) is 5.26 Å². The van der Waals surface area contributed by atoms with E-state index in [1.165, 1.54) is 6.07 Å². The number of nitrogens with zero attached hydrogens (tertiary/aromatic N) is 2. The number of aromatic amines is 1. The number of alkyl halides is 3. The molecule has 166 valence electrons. The van der Waals surface area contributed by atoms with Crippen LogP contribution in [-0.4, -0.2) is 30.0 Å². The first-order valence-corrected chi connectivity index (χ1v) is 10.5. The number of aromatic nitrogens is 1. The van der Waals surface area contributed by atoms with Crippen LogP contribution in [0.3, 0.4) is 0 Å². The van der Waals surface area contributed by atoms with E-state index in [0.717, 1.165) is 42.7 Å². The molecule has 0 bridgehead atoms. The minimum atomic E-state index is -4.58. The predicted octanol–water partition coefficient (Wildman–Crippen LogP) is 5.24. The highest BCUT2D eigenvalue weighted by Crippen LogP contribution is 2.35. The summed E-state index contributed by atoms with van der Waals surface area (Å²) < 4.78 is 39.9. The summed E-state index contributed by atoms with van der Waals surface area (Å²) in [6, 6.07) is 13.1. The highest BCUT2D eigenvalue weighted by atomic mass is 19.4. The number of halogens is 3. The van der Waals surface area contributed by atoms with E-state index < -0.39 is 11.7 Å². The quantitative estimate of drug-likeness (QED) is 0.583. The number of H-pyrrole nitrogens is 1. The van der Waals surface area contributed by atoms with Crippen molar-refractivity contribution in [1.82, 2.24) is 10.3 Å². The number of benzene rings is 2. The van der Waals surface area contributed by atoms with Gasteiger partial charge in [0.05, 0.1) is 22.8 Å². The van der Waals surface area contributed by atoms with E-state index in [0.29, 0.717) is 11.3 Å². The largest absolute Gasteiger partial charge is 0.417 e. The molecule has 1 fully saturated rings. The number of amides is 1. The van der Waals surface area contributed by atoms with Gasteiger partial charge in [0.2, 0.25) is 0 Å². The van der Waals surface area contributed by atoms with Gasteiger partial charge in [-0.25, -0.2) is 0 Å². The van der Waals surface area contributed by atoms with Crippen LogP contribution in [0.5, 0.6) is 0 Å². The lowest BCUT2D eigenvalue weighted by Gasteiger charge is -2.36. The van der Waals surface area contributed by atoms with Crippen molar-refractivity contribution in [3.05, 3.63) is 65.4 Å². The van der Waals surface area contributed by atoms with Crippen LogP contribution in [0.4, 0.5) is 18.9 Å². The van der Waals surface area contributed by atoms with Gasteiger partial charge in [0, 0.05) is 41.9 Å². The van der Waals surface area contributed by atoms with Gasteiger partial charge in [-0.1, -0.05) is 18.2 Å². The number of fused-ring (bicyclic) bond motifs is 1. The molecule has 3 aromatic rings. The summed E-state index contributed by atoms with van der Waals surface area (Å²) in [4.78, 5) is 17.7. The molecular formula is C24H23F3N4O. The number of nitriles is 1. The monoisotopic (exact) mass is 440 g/mol. The van der Waals surface area contributed by atoms with Crippen LogP contribution in [0.25, 0.3) is 10.9 Å². The molecule has 0 atom stereocenters. The maximum Gasteiger partial charge on any atom is 0.417 e. The van der Waals surface area contributed by atoms with Crippen molar-refractivity contribution in [1.29, 1.82) is 5.26 Å². The zero-order chi connectivity index (χ0) is 22.9. The molecule has 4 rings (SSSR count). The van der Waals surface area contributed by atoms with Crippen LogP contribution in [0.2, 0.25) is 0 Å². The molecule has 32 heavy (non-hydrogen) atoms. The van der Waals surface area contributed by atoms with E-state index in [-0.39, 0.29) is 23.6 Å². The smallest absolute Gasteiger partial charge is 0.372 e. The number of hydrogen-bond donors (Lipinski definition) is 2. The van der Waals surface area contributed by atoms with Gasteiger partial charge in [-0.3, -0.25) is 4.79 Å². The third-order valence-corrected chi connectivity index (χ3v) is 6.25. The summed E-state index contributed by atoms with van der Waals surface area (Å²) in [6.45, 7) is 0. The summed E-state index contributed by atoms with van der Waals surface area (Å²) in [5.41, 5.74) is 0.658. The number of carbonyl (C=O) groups is 1. The third kappa shape index (κ3) is 4.28. The first kappa shape index (κ1) is 21.8. The molecule has 0 radical (unpaired) electrons. The fraction of sp³-hybridized carbons (Fsp3) is 0.333. The van der Waals surface area contributed by atoms with Crippen LogP contribution in [0.15, 0.2) is 48.7 Å². The molecule has 1 heterocycles. The van der Waals surface area contributed by atoms with Crippen molar-refractivity contribution in [2.24, 2.45) is 0 Å². The van der Waals surface area contributed by atoms with Gasteiger partial charge in [-0.15, -0.1) is 0 Å². The van der Waals surface area contributed by atoms with Gasteiger partial charge < -0.3 is 15.2 Å². The minimum absolute atomic E-state index is 0.0208. The molecule has 1 aliphatic rings. The number of rotatable bonds is 4. The van der Waals surface area contributed by atoms with Crippen molar-refractivity contribution in [2.75, 3.05) is 11.9 Å². The Kier molecular flexibility index (Phi) is 5.83. The van der Waals surface area contributed by atoms with E-state index in [2.05, 4.69) is 10.3 Å². The molecule has 5 nitrogen and oxygen atoms in total. The minimum Gasteiger partial charge on any atom is -0.372 e. The first-order valence-electron chi connectivity index (χ1n) is 10.5. The summed E-state index contributed by atoms with van der Waals surface area (Å²) >= 11 is 0. The molecule has 0 aliphatic heterocycles. The van der Waals surface area contributed by atoms with Gasteiger partial charge in [-0.05, 0) is 49.9 Å². The SMILES string of the molecule is CN(c1ccc(C#N)c(C(F)(F)F)c1)C1CCC(NC(=O)c2c[nH]c3ccccc23)CC1. The average Bonchev–Trinajstić information content (AvgIpc) is 3.22. The molecule has 0 unspecified atom stereocenters. The van der Waals surface area contributed by atoms with E-state index in [1.807, 2.05) is 29.2 Å². The van der Waals surface area contributed by atoms with Gasteiger partial charge in [0.1, 0.15) is 0 Å². The highest BCUT2D eigenvalue weighted by Gasteiger charge is 2.35. The zero-order valence-electron chi connectivity index (χ0n) is 17.5. The van der Waals surface area contributed by atoms with Gasteiger partial charge >= 0.3 is 6.18 Å². The third-order valence-electron chi connectivity index (χ3n) is 6.25. The van der Waals surface area contributed by atoms with Crippen molar-refractivity contribution in [2.45, 2.75) is 43.9 Å².